The highest BCUT2D eigenvalue weighted by Gasteiger charge is 2.16. The van der Waals surface area contributed by atoms with Crippen LogP contribution in [0.3, 0.4) is 0 Å². The van der Waals surface area contributed by atoms with Crippen LogP contribution in [0.25, 0.3) is 31.9 Å². The summed E-state index contributed by atoms with van der Waals surface area (Å²) in [5, 5.41) is 9.57. The summed E-state index contributed by atoms with van der Waals surface area (Å²) in [4.78, 5) is 36.2. The van der Waals surface area contributed by atoms with Crippen LogP contribution < -0.4 is 15.6 Å². The Morgan fingerprint density at radius 3 is 2.72 bits per heavy atom. The topological polar surface area (TPSA) is 86.1 Å². The maximum Gasteiger partial charge on any atom is 0.263 e. The molecule has 160 valence electrons. The molecule has 0 fully saturated rings. The van der Waals surface area contributed by atoms with Gasteiger partial charge in [-0.1, -0.05) is 6.07 Å². The van der Waals surface area contributed by atoms with Crippen molar-refractivity contribution in [2.24, 2.45) is 0 Å². The van der Waals surface area contributed by atoms with E-state index in [1.807, 2.05) is 52.5 Å². The van der Waals surface area contributed by atoms with Gasteiger partial charge in [0.05, 0.1) is 24.5 Å². The van der Waals surface area contributed by atoms with Gasteiger partial charge in [0, 0.05) is 26.8 Å². The number of carbonyl (C=O) groups is 1. The lowest BCUT2D eigenvalue weighted by atomic mass is 10.2. The number of benzene rings is 1. The molecule has 0 saturated heterocycles. The molecule has 0 radical (unpaired) electrons. The third kappa shape index (κ3) is 3.95. The first-order chi connectivity index (χ1) is 15.6. The Balaban J connectivity index is 1.34. The van der Waals surface area contributed by atoms with E-state index in [4.69, 9.17) is 4.74 Å². The van der Waals surface area contributed by atoms with Gasteiger partial charge in [0.25, 0.3) is 5.56 Å². The zero-order chi connectivity index (χ0) is 22.1. The van der Waals surface area contributed by atoms with Gasteiger partial charge in [-0.15, -0.1) is 34.0 Å². The third-order valence-corrected chi connectivity index (χ3v) is 7.34. The Morgan fingerprint density at radius 2 is 1.97 bits per heavy atom. The smallest absolute Gasteiger partial charge is 0.263 e. The van der Waals surface area contributed by atoms with Crippen molar-refractivity contribution in [2.45, 2.75) is 6.54 Å². The van der Waals surface area contributed by atoms with E-state index in [0.29, 0.717) is 15.3 Å². The molecule has 0 aliphatic rings. The second kappa shape index (κ2) is 8.65. The number of anilines is 1. The fraction of sp³-hybridized carbons (Fsp3) is 0.0909. The largest absolute Gasteiger partial charge is 0.497 e. The number of hydrogen-bond acceptors (Lipinski definition) is 8. The van der Waals surface area contributed by atoms with Crippen LogP contribution in [0.2, 0.25) is 0 Å². The number of carbonyl (C=O) groups excluding carboxylic acids is 1. The number of nitrogens with zero attached hydrogens (tertiary/aromatic N) is 3. The quantitative estimate of drug-likeness (QED) is 0.371. The second-order valence-corrected chi connectivity index (χ2v) is 9.46. The molecule has 1 amide bonds. The number of fused-ring (bicyclic) bond motifs is 1. The summed E-state index contributed by atoms with van der Waals surface area (Å²) in [7, 11) is 1.62. The minimum Gasteiger partial charge on any atom is -0.497 e. The van der Waals surface area contributed by atoms with E-state index >= 15 is 0 Å². The van der Waals surface area contributed by atoms with Crippen LogP contribution in [0.1, 0.15) is 0 Å². The van der Waals surface area contributed by atoms with Gasteiger partial charge in [-0.2, -0.15) is 0 Å². The molecule has 1 aromatic carbocycles. The fourth-order valence-electron chi connectivity index (χ4n) is 3.23. The van der Waals surface area contributed by atoms with Gasteiger partial charge < -0.3 is 10.1 Å². The number of rotatable bonds is 6. The van der Waals surface area contributed by atoms with Crippen molar-refractivity contribution in [1.29, 1.82) is 0 Å². The summed E-state index contributed by atoms with van der Waals surface area (Å²) < 4.78 is 6.51. The van der Waals surface area contributed by atoms with E-state index in [1.165, 1.54) is 33.6 Å². The van der Waals surface area contributed by atoms with Crippen LogP contribution in [-0.4, -0.2) is 27.6 Å². The van der Waals surface area contributed by atoms with E-state index in [2.05, 4.69) is 15.3 Å². The van der Waals surface area contributed by atoms with Crippen molar-refractivity contribution in [1.82, 2.24) is 14.5 Å². The van der Waals surface area contributed by atoms with Crippen LogP contribution in [0.4, 0.5) is 5.13 Å². The van der Waals surface area contributed by atoms with Crippen molar-refractivity contribution >= 4 is 55.3 Å². The van der Waals surface area contributed by atoms with E-state index in [0.717, 1.165) is 27.4 Å². The molecule has 0 aliphatic carbocycles. The number of ether oxygens (including phenoxy) is 1. The summed E-state index contributed by atoms with van der Waals surface area (Å²) in [6, 6.07) is 11.4. The Bertz CT molecular complexity index is 1450. The maximum atomic E-state index is 13.1. The Morgan fingerprint density at radius 1 is 1.12 bits per heavy atom. The van der Waals surface area contributed by atoms with Crippen molar-refractivity contribution in [3.05, 3.63) is 69.2 Å². The van der Waals surface area contributed by atoms with Gasteiger partial charge in [0.15, 0.2) is 5.13 Å². The number of methoxy groups -OCH3 is 1. The average Bonchev–Trinajstić information content (AvgIpc) is 3.56. The molecular weight excluding hydrogens is 464 g/mol. The third-order valence-electron chi connectivity index (χ3n) is 4.80. The monoisotopic (exact) mass is 480 g/mol. The number of thiophene rings is 2. The van der Waals surface area contributed by atoms with Crippen molar-refractivity contribution in [3.63, 3.8) is 0 Å². The molecule has 4 heterocycles. The van der Waals surface area contributed by atoms with Crippen molar-refractivity contribution < 1.29 is 9.53 Å². The first-order valence-corrected chi connectivity index (χ1v) is 12.2. The molecule has 0 saturated carbocycles. The minimum absolute atomic E-state index is 0.140. The average molecular weight is 481 g/mol. The fourth-order valence-corrected chi connectivity index (χ4v) is 5.69. The summed E-state index contributed by atoms with van der Waals surface area (Å²) in [5.41, 5.74) is 2.31. The molecule has 5 rings (SSSR count). The first-order valence-electron chi connectivity index (χ1n) is 9.52. The van der Waals surface area contributed by atoms with Gasteiger partial charge in [0.2, 0.25) is 5.91 Å². The Labute approximate surface area is 194 Å². The molecule has 0 spiro atoms. The molecule has 0 unspecified atom stereocenters. The SMILES string of the molecule is COc1ccc(-c2csc(NC(=O)Cn3cnc4scc(-c5cccs5)c4c3=O)n2)cc1. The first kappa shape index (κ1) is 20.6. The normalized spacial score (nSPS) is 11.0. The summed E-state index contributed by atoms with van der Waals surface area (Å²) in [5.74, 6) is 0.429. The highest BCUT2D eigenvalue weighted by atomic mass is 32.1. The second-order valence-electron chi connectivity index (χ2n) is 6.80. The van der Waals surface area contributed by atoms with E-state index in [-0.39, 0.29) is 18.0 Å². The molecule has 1 N–H and O–H groups in total. The molecule has 0 aliphatic heterocycles. The van der Waals surface area contributed by atoms with E-state index < -0.39 is 0 Å². The van der Waals surface area contributed by atoms with Gasteiger partial charge in [0.1, 0.15) is 17.1 Å². The molecule has 32 heavy (non-hydrogen) atoms. The lowest BCUT2D eigenvalue weighted by Gasteiger charge is -2.06. The zero-order valence-electron chi connectivity index (χ0n) is 16.8. The predicted octanol–water partition coefficient (Wildman–Crippen LogP) is 4.96. The predicted molar refractivity (Wildman–Crippen MR) is 130 cm³/mol. The van der Waals surface area contributed by atoms with Gasteiger partial charge in [-0.25, -0.2) is 9.97 Å². The highest BCUT2D eigenvalue weighted by Crippen LogP contribution is 2.33. The summed E-state index contributed by atoms with van der Waals surface area (Å²) >= 11 is 4.32. The van der Waals surface area contributed by atoms with E-state index in [9.17, 15) is 9.59 Å². The van der Waals surface area contributed by atoms with Crippen LogP contribution in [0.15, 0.2) is 63.7 Å². The van der Waals surface area contributed by atoms with Crippen LogP contribution in [0, 0.1) is 0 Å². The molecule has 7 nitrogen and oxygen atoms in total. The summed E-state index contributed by atoms with van der Waals surface area (Å²) in [6.45, 7) is -0.140. The zero-order valence-corrected chi connectivity index (χ0v) is 19.2. The van der Waals surface area contributed by atoms with E-state index in [1.54, 1.807) is 18.4 Å². The number of aromatic nitrogens is 3. The standard InChI is InChI=1S/C22H16N4O3S3/c1-29-14-6-4-13(5-7-14)16-11-32-22(24-16)25-18(27)9-26-12-23-20-19(21(26)28)15(10-31-20)17-3-2-8-30-17/h2-8,10-12H,9H2,1H3,(H,24,25,27). The van der Waals surface area contributed by atoms with Gasteiger partial charge in [-0.3, -0.25) is 14.2 Å². The van der Waals surface area contributed by atoms with Crippen LogP contribution in [-0.2, 0) is 11.3 Å². The lowest BCUT2D eigenvalue weighted by molar-refractivity contribution is -0.116. The van der Waals surface area contributed by atoms with Gasteiger partial charge >= 0.3 is 0 Å². The highest BCUT2D eigenvalue weighted by molar-refractivity contribution is 7.18. The van der Waals surface area contributed by atoms with Crippen molar-refractivity contribution in [2.75, 3.05) is 12.4 Å². The maximum absolute atomic E-state index is 13.1. The number of thiazole rings is 1. The Hall–Kier alpha value is -3.34. The number of amides is 1. The number of hydrogen-bond donors (Lipinski definition) is 1. The van der Waals surface area contributed by atoms with Crippen LogP contribution >= 0.6 is 34.0 Å². The van der Waals surface area contributed by atoms with Crippen molar-refractivity contribution in [3.8, 4) is 27.4 Å². The molecule has 0 bridgehead atoms. The molecule has 4 aromatic heterocycles. The molecule has 10 heteroatoms. The number of nitrogens with one attached hydrogen (secondary N) is 1. The molecular formula is C22H16N4O3S3. The molecule has 5 aromatic rings. The Kier molecular flexibility index (Phi) is 5.56. The minimum atomic E-state index is -0.336. The molecule has 0 atom stereocenters. The lowest BCUT2D eigenvalue weighted by Crippen LogP contribution is -2.27. The summed E-state index contributed by atoms with van der Waals surface area (Å²) in [6.07, 6.45) is 1.42. The van der Waals surface area contributed by atoms with Gasteiger partial charge in [-0.05, 0) is 35.7 Å². The van der Waals surface area contributed by atoms with Crippen LogP contribution in [0.5, 0.6) is 5.75 Å².